The maximum atomic E-state index is 10.7. The Morgan fingerprint density at radius 1 is 1.55 bits per heavy atom. The molecule has 0 amide bonds. The third-order valence-corrected chi connectivity index (χ3v) is 1.61. The predicted molar refractivity (Wildman–Crippen MR) is 40.0 cm³/mol. The van der Waals surface area contributed by atoms with Gasteiger partial charge >= 0.3 is 5.97 Å². The van der Waals surface area contributed by atoms with Crippen molar-refractivity contribution in [2.45, 2.75) is 26.9 Å². The molecule has 0 saturated heterocycles. The van der Waals surface area contributed by atoms with Crippen molar-refractivity contribution in [1.29, 1.82) is 0 Å². The van der Waals surface area contributed by atoms with Gasteiger partial charge in [-0.05, 0) is 0 Å². The van der Waals surface area contributed by atoms with Gasteiger partial charge in [0.1, 0.15) is 6.10 Å². The van der Waals surface area contributed by atoms with Crippen LogP contribution in [0.25, 0.3) is 0 Å². The van der Waals surface area contributed by atoms with Crippen LogP contribution in [0.15, 0.2) is 11.8 Å². The molecule has 0 radical (unpaired) electrons. The van der Waals surface area contributed by atoms with E-state index in [9.17, 15) is 4.79 Å². The van der Waals surface area contributed by atoms with Crippen molar-refractivity contribution in [3.8, 4) is 0 Å². The van der Waals surface area contributed by atoms with Crippen LogP contribution >= 0.6 is 0 Å². The van der Waals surface area contributed by atoms with E-state index in [4.69, 9.17) is 9.84 Å². The lowest BCUT2D eigenvalue weighted by atomic mass is 9.89. The molecule has 1 N–H and O–H groups in total. The number of carbonyl (C=O) groups excluding carboxylic acids is 1. The molecule has 1 aliphatic rings. The first kappa shape index (κ1) is 8.11. The molecular formula is C8H12O3. The Bertz CT molecular complexity index is 210. The summed E-state index contributed by atoms with van der Waals surface area (Å²) in [7, 11) is 0. The summed E-state index contributed by atoms with van der Waals surface area (Å²) >= 11 is 0. The topological polar surface area (TPSA) is 46.5 Å². The van der Waals surface area contributed by atoms with Crippen molar-refractivity contribution in [2.24, 2.45) is 5.41 Å². The quantitative estimate of drug-likeness (QED) is 0.539. The summed E-state index contributed by atoms with van der Waals surface area (Å²) in [5, 5.41) is 8.92. The van der Waals surface area contributed by atoms with Crippen molar-refractivity contribution >= 4 is 5.97 Å². The minimum atomic E-state index is -0.620. The molecule has 0 aromatic rings. The van der Waals surface area contributed by atoms with Crippen LogP contribution in [0.3, 0.4) is 0 Å². The minimum Gasteiger partial charge on any atom is -0.502 e. The Morgan fingerprint density at radius 2 is 2.09 bits per heavy atom. The molecule has 0 aliphatic carbocycles. The monoisotopic (exact) mass is 156 g/mol. The van der Waals surface area contributed by atoms with E-state index in [1.165, 1.54) is 6.08 Å². The van der Waals surface area contributed by atoms with Crippen molar-refractivity contribution < 1.29 is 14.6 Å². The van der Waals surface area contributed by atoms with Crippen LogP contribution in [0.2, 0.25) is 0 Å². The van der Waals surface area contributed by atoms with Gasteiger partial charge in [0.15, 0.2) is 0 Å². The number of carbonyl (C=O) groups is 1. The zero-order valence-corrected chi connectivity index (χ0v) is 6.92. The van der Waals surface area contributed by atoms with Gasteiger partial charge in [0.2, 0.25) is 5.76 Å². The van der Waals surface area contributed by atoms with Gasteiger partial charge in [-0.25, -0.2) is 4.79 Å². The van der Waals surface area contributed by atoms with Crippen LogP contribution in [0.1, 0.15) is 20.8 Å². The van der Waals surface area contributed by atoms with Gasteiger partial charge in [0.05, 0.1) is 0 Å². The van der Waals surface area contributed by atoms with Gasteiger partial charge in [-0.2, -0.15) is 0 Å². The second-order valence-electron chi connectivity index (χ2n) is 3.74. The third kappa shape index (κ3) is 1.53. The molecule has 3 heteroatoms. The highest BCUT2D eigenvalue weighted by Gasteiger charge is 2.33. The molecule has 0 saturated carbocycles. The lowest BCUT2D eigenvalue weighted by Gasteiger charge is -2.23. The van der Waals surface area contributed by atoms with Crippen molar-refractivity contribution in [2.75, 3.05) is 0 Å². The molecule has 3 nitrogen and oxygen atoms in total. The molecule has 0 fully saturated rings. The van der Waals surface area contributed by atoms with E-state index in [0.717, 1.165) is 0 Å². The normalized spacial score (nSPS) is 24.8. The van der Waals surface area contributed by atoms with E-state index >= 15 is 0 Å². The van der Waals surface area contributed by atoms with Crippen LogP contribution < -0.4 is 0 Å². The fourth-order valence-corrected chi connectivity index (χ4v) is 0.848. The van der Waals surface area contributed by atoms with Gasteiger partial charge in [-0.15, -0.1) is 0 Å². The summed E-state index contributed by atoms with van der Waals surface area (Å²) in [4.78, 5) is 10.7. The Morgan fingerprint density at radius 3 is 2.27 bits per heavy atom. The largest absolute Gasteiger partial charge is 0.502 e. The standard InChI is InChI=1S/C8H12O3/c1-8(2,3)6-4-5(9)7(10)11-6/h4,6,9H,1-3H3. The van der Waals surface area contributed by atoms with Crippen LogP contribution in [0, 0.1) is 5.41 Å². The second kappa shape index (κ2) is 2.26. The summed E-state index contributed by atoms with van der Waals surface area (Å²) in [5.41, 5.74) is -0.139. The Hall–Kier alpha value is -0.990. The maximum absolute atomic E-state index is 10.7. The highest BCUT2D eigenvalue weighted by molar-refractivity contribution is 5.88. The first-order chi connectivity index (χ1) is 4.91. The lowest BCUT2D eigenvalue weighted by molar-refractivity contribution is -0.145. The number of hydrogen-bond acceptors (Lipinski definition) is 3. The molecule has 1 rings (SSSR count). The smallest absolute Gasteiger partial charge is 0.373 e. The molecule has 0 bridgehead atoms. The number of aliphatic hydroxyl groups is 1. The van der Waals surface area contributed by atoms with E-state index < -0.39 is 5.97 Å². The Balaban J connectivity index is 2.76. The molecular weight excluding hydrogens is 144 g/mol. The van der Waals surface area contributed by atoms with E-state index in [-0.39, 0.29) is 17.3 Å². The second-order valence-corrected chi connectivity index (χ2v) is 3.74. The van der Waals surface area contributed by atoms with Crippen molar-refractivity contribution in [1.82, 2.24) is 0 Å². The van der Waals surface area contributed by atoms with Gasteiger partial charge in [0.25, 0.3) is 0 Å². The fraction of sp³-hybridized carbons (Fsp3) is 0.625. The van der Waals surface area contributed by atoms with Crippen LogP contribution in [0.4, 0.5) is 0 Å². The fourth-order valence-electron chi connectivity index (χ4n) is 0.848. The minimum absolute atomic E-state index is 0.139. The number of cyclic esters (lactones) is 1. The molecule has 1 aliphatic heterocycles. The number of ether oxygens (including phenoxy) is 1. The predicted octanol–water partition coefficient (Wildman–Crippen LogP) is 1.40. The maximum Gasteiger partial charge on any atom is 0.373 e. The summed E-state index contributed by atoms with van der Waals surface area (Å²) in [6, 6.07) is 0. The number of rotatable bonds is 0. The van der Waals surface area contributed by atoms with Gasteiger partial charge in [-0.1, -0.05) is 20.8 Å². The molecule has 11 heavy (non-hydrogen) atoms. The average molecular weight is 156 g/mol. The molecule has 1 atom stereocenters. The summed E-state index contributed by atoms with van der Waals surface area (Å²) in [5.74, 6) is -0.894. The van der Waals surface area contributed by atoms with Gasteiger partial charge in [-0.3, -0.25) is 0 Å². The van der Waals surface area contributed by atoms with Gasteiger partial charge in [0, 0.05) is 11.5 Å². The third-order valence-electron chi connectivity index (χ3n) is 1.61. The van der Waals surface area contributed by atoms with Crippen LogP contribution in [0.5, 0.6) is 0 Å². The zero-order chi connectivity index (χ0) is 8.65. The molecule has 0 aromatic heterocycles. The van der Waals surface area contributed by atoms with E-state index in [1.807, 2.05) is 20.8 Å². The van der Waals surface area contributed by atoms with E-state index in [1.54, 1.807) is 0 Å². The highest BCUT2D eigenvalue weighted by Crippen LogP contribution is 2.28. The Kier molecular flexibility index (Phi) is 1.66. The Labute approximate surface area is 65.7 Å². The first-order valence-electron chi connectivity index (χ1n) is 3.53. The van der Waals surface area contributed by atoms with Gasteiger partial charge < -0.3 is 9.84 Å². The van der Waals surface area contributed by atoms with E-state index in [0.29, 0.717) is 0 Å². The summed E-state index contributed by atoms with van der Waals surface area (Å²) < 4.78 is 4.86. The molecule has 1 heterocycles. The molecule has 62 valence electrons. The summed E-state index contributed by atoms with van der Waals surface area (Å²) in [6.07, 6.45) is 1.15. The van der Waals surface area contributed by atoms with Crippen molar-refractivity contribution in [3.05, 3.63) is 11.8 Å². The number of aliphatic hydroxyl groups excluding tert-OH is 1. The molecule has 1 unspecified atom stereocenters. The molecule has 0 aromatic carbocycles. The highest BCUT2D eigenvalue weighted by atomic mass is 16.6. The SMILES string of the molecule is CC(C)(C)C1C=C(O)C(=O)O1. The molecule has 0 spiro atoms. The lowest BCUT2D eigenvalue weighted by Crippen LogP contribution is -2.25. The van der Waals surface area contributed by atoms with Crippen molar-refractivity contribution in [3.63, 3.8) is 0 Å². The summed E-state index contributed by atoms with van der Waals surface area (Å²) in [6.45, 7) is 5.83. The number of hydrogen-bond donors (Lipinski definition) is 1. The van der Waals surface area contributed by atoms with E-state index in [2.05, 4.69) is 0 Å². The first-order valence-corrected chi connectivity index (χ1v) is 3.53. The zero-order valence-electron chi connectivity index (χ0n) is 6.92. The number of esters is 1. The van der Waals surface area contributed by atoms with Crippen LogP contribution in [-0.4, -0.2) is 17.2 Å². The van der Waals surface area contributed by atoms with Crippen LogP contribution in [-0.2, 0) is 9.53 Å². The average Bonchev–Trinajstić information content (AvgIpc) is 2.11.